The maximum absolute atomic E-state index is 10.9. The first kappa shape index (κ1) is 19.0. The second kappa shape index (κ2) is 8.16. The van der Waals surface area contributed by atoms with Crippen molar-refractivity contribution in [1.29, 1.82) is 0 Å². The Hall–Kier alpha value is -0.340. The molecule has 0 aliphatic rings. The highest BCUT2D eigenvalue weighted by atomic mass is 127. The van der Waals surface area contributed by atoms with E-state index in [4.69, 9.17) is 15.6 Å². The molecule has 0 fully saturated rings. The average Bonchev–Trinajstić information content (AvgIpc) is 2.46. The Morgan fingerprint density at radius 3 is 2.26 bits per heavy atom. The zero-order chi connectivity index (χ0) is 17.1. The van der Waals surface area contributed by atoms with Crippen LogP contribution in [0.25, 0.3) is 0 Å². The van der Waals surface area contributed by atoms with Gasteiger partial charge in [-0.15, -0.1) is 0 Å². The topological polar surface area (TPSA) is 92.8 Å². The third kappa shape index (κ3) is 5.06. The predicted molar refractivity (Wildman–Crippen MR) is 112 cm³/mol. The van der Waals surface area contributed by atoms with E-state index in [9.17, 15) is 9.90 Å². The molecule has 0 saturated heterocycles. The van der Waals surface area contributed by atoms with Crippen molar-refractivity contribution in [2.45, 2.75) is 12.5 Å². The minimum Gasteiger partial charge on any atom is -0.507 e. The molecule has 4 N–H and O–H groups in total. The number of hydrogen-bond donors (Lipinski definition) is 3. The van der Waals surface area contributed by atoms with Crippen molar-refractivity contribution in [3.63, 3.8) is 0 Å². The van der Waals surface area contributed by atoms with Gasteiger partial charge < -0.3 is 20.7 Å². The van der Waals surface area contributed by atoms with Gasteiger partial charge in [0.1, 0.15) is 17.5 Å². The van der Waals surface area contributed by atoms with Gasteiger partial charge in [-0.25, -0.2) is 0 Å². The lowest BCUT2D eigenvalue weighted by atomic mass is 10.1. The van der Waals surface area contributed by atoms with Crippen LogP contribution in [-0.4, -0.2) is 22.2 Å². The first-order valence-corrected chi connectivity index (χ1v) is 9.64. The molecule has 0 bridgehead atoms. The normalized spacial score (nSPS) is 12.0. The van der Waals surface area contributed by atoms with Crippen LogP contribution < -0.4 is 10.5 Å². The lowest BCUT2D eigenvalue weighted by Gasteiger charge is -2.13. The quantitative estimate of drug-likeness (QED) is 0.337. The summed E-state index contributed by atoms with van der Waals surface area (Å²) in [5, 5.41) is 18.5. The highest BCUT2D eigenvalue weighted by Gasteiger charge is 2.16. The summed E-state index contributed by atoms with van der Waals surface area (Å²) in [5.41, 5.74) is 6.43. The number of aliphatic carboxylic acids is 1. The molecule has 0 heterocycles. The minimum absolute atomic E-state index is 0.209. The van der Waals surface area contributed by atoms with E-state index in [1.165, 1.54) is 0 Å². The molecule has 8 heteroatoms. The van der Waals surface area contributed by atoms with Gasteiger partial charge in [0.2, 0.25) is 0 Å². The Kier molecular flexibility index (Phi) is 6.74. The summed E-state index contributed by atoms with van der Waals surface area (Å²) >= 11 is 6.33. The van der Waals surface area contributed by atoms with Gasteiger partial charge in [0.05, 0.1) is 10.7 Å². The fraction of sp³-hybridized carbons (Fsp3) is 0.133. The van der Waals surface area contributed by atoms with Crippen molar-refractivity contribution in [1.82, 2.24) is 0 Å². The van der Waals surface area contributed by atoms with Gasteiger partial charge in [0.25, 0.3) is 0 Å². The number of carbonyl (C=O) groups is 1. The van der Waals surface area contributed by atoms with Gasteiger partial charge in [-0.1, -0.05) is 0 Å². The van der Waals surface area contributed by atoms with Crippen molar-refractivity contribution >= 4 is 73.7 Å². The lowest BCUT2D eigenvalue weighted by Crippen LogP contribution is -2.32. The number of halogens is 3. The van der Waals surface area contributed by atoms with Gasteiger partial charge >= 0.3 is 5.97 Å². The number of phenolic OH excluding ortho intramolecular Hbond substituents is 1. The van der Waals surface area contributed by atoms with Crippen molar-refractivity contribution in [2.24, 2.45) is 5.73 Å². The molecule has 0 aromatic heterocycles. The number of nitrogens with two attached hydrogens (primary N) is 1. The molecule has 0 amide bonds. The van der Waals surface area contributed by atoms with Crippen LogP contribution in [0.4, 0.5) is 0 Å². The summed E-state index contributed by atoms with van der Waals surface area (Å²) in [6.07, 6.45) is 0.263. The van der Waals surface area contributed by atoms with E-state index in [1.54, 1.807) is 18.2 Å². The molecule has 2 aromatic carbocycles. The largest absolute Gasteiger partial charge is 0.507 e. The van der Waals surface area contributed by atoms with Gasteiger partial charge in [0.15, 0.2) is 5.75 Å². The molecular formula is C15H12I3NO4. The third-order valence-corrected chi connectivity index (χ3v) is 5.44. The fourth-order valence-electron chi connectivity index (χ4n) is 1.84. The van der Waals surface area contributed by atoms with Crippen molar-refractivity contribution in [3.8, 4) is 17.2 Å². The molecule has 0 aliphatic heterocycles. The SMILES string of the molecule is N[C@@H](Cc1cc(I)c(Oc2ccc(O)c(I)c2)c(I)c1)[13C](=O)O. The molecule has 1 atom stereocenters. The number of carboxylic acids is 1. The van der Waals surface area contributed by atoms with Crippen molar-refractivity contribution in [3.05, 3.63) is 46.6 Å². The van der Waals surface area contributed by atoms with Crippen LogP contribution in [0.1, 0.15) is 5.56 Å². The predicted octanol–water partition coefficient (Wildman–Crippen LogP) is 3.95. The van der Waals surface area contributed by atoms with Crippen LogP contribution >= 0.6 is 67.8 Å². The fourth-order valence-corrected chi connectivity index (χ4v) is 4.44. The number of benzene rings is 2. The molecule has 0 radical (unpaired) electrons. The maximum Gasteiger partial charge on any atom is 0.320 e. The second-order valence-corrected chi connectivity index (χ2v) is 8.24. The van der Waals surface area contributed by atoms with Crippen LogP contribution in [0.3, 0.4) is 0 Å². The van der Waals surface area contributed by atoms with Crippen molar-refractivity contribution in [2.75, 3.05) is 0 Å². The highest BCUT2D eigenvalue weighted by Crippen LogP contribution is 2.34. The van der Waals surface area contributed by atoms with Crippen molar-refractivity contribution < 1.29 is 19.7 Å². The Labute approximate surface area is 174 Å². The summed E-state index contributed by atoms with van der Waals surface area (Å²) in [7, 11) is 0. The molecule has 0 spiro atoms. The van der Waals surface area contributed by atoms with Crippen LogP contribution in [0.2, 0.25) is 0 Å². The summed E-state index contributed by atoms with van der Waals surface area (Å²) in [6.45, 7) is 0. The van der Waals surface area contributed by atoms with Crippen LogP contribution in [-0.2, 0) is 11.2 Å². The number of hydrogen-bond acceptors (Lipinski definition) is 4. The lowest BCUT2D eigenvalue weighted by molar-refractivity contribution is -0.138. The van der Waals surface area contributed by atoms with E-state index in [2.05, 4.69) is 45.2 Å². The number of ether oxygens (including phenoxy) is 1. The van der Waals surface area contributed by atoms with Crippen LogP contribution in [0, 0.1) is 10.7 Å². The smallest absolute Gasteiger partial charge is 0.320 e. The van der Waals surface area contributed by atoms with E-state index >= 15 is 0 Å². The minimum atomic E-state index is -1.02. The van der Waals surface area contributed by atoms with E-state index in [1.807, 2.05) is 34.7 Å². The number of phenols is 1. The molecule has 2 rings (SSSR count). The van der Waals surface area contributed by atoms with E-state index in [0.29, 0.717) is 15.1 Å². The Bertz CT molecular complexity index is 728. The van der Waals surface area contributed by atoms with Gasteiger partial charge in [0, 0.05) is 0 Å². The van der Waals surface area contributed by atoms with E-state index in [-0.39, 0.29) is 12.2 Å². The Morgan fingerprint density at radius 2 is 1.74 bits per heavy atom. The second-order valence-electron chi connectivity index (χ2n) is 4.75. The first-order chi connectivity index (χ1) is 10.8. The molecule has 0 aliphatic carbocycles. The standard InChI is InChI=1S/C15H12I3NO4/c16-9-6-8(1-2-13(9)20)23-14-10(17)3-7(4-11(14)18)5-12(19)15(21)22/h1-4,6,12,20H,5,19H2,(H,21,22)/t12-/m0/s1/i15+1. The molecule has 23 heavy (non-hydrogen) atoms. The molecule has 0 saturated carbocycles. The van der Waals surface area contributed by atoms with Gasteiger partial charge in [-0.2, -0.15) is 0 Å². The third-order valence-electron chi connectivity index (χ3n) is 2.97. The summed E-state index contributed by atoms with van der Waals surface area (Å²) in [5.74, 6) is 0.507. The molecule has 122 valence electrons. The monoisotopic (exact) mass is 652 g/mol. The van der Waals surface area contributed by atoms with E-state index < -0.39 is 12.0 Å². The zero-order valence-corrected chi connectivity index (χ0v) is 18.1. The molecule has 2 aromatic rings. The maximum atomic E-state index is 10.9. The summed E-state index contributed by atoms with van der Waals surface area (Å²) in [6, 6.07) is 7.83. The van der Waals surface area contributed by atoms with E-state index in [0.717, 1.165) is 12.7 Å². The Balaban J connectivity index is 2.26. The first-order valence-electron chi connectivity index (χ1n) is 6.40. The molecular weight excluding hydrogens is 640 g/mol. The van der Waals surface area contributed by atoms with Gasteiger partial charge in [-0.05, 0) is 110 Å². The highest BCUT2D eigenvalue weighted by molar-refractivity contribution is 14.1. The zero-order valence-electron chi connectivity index (χ0n) is 11.6. The van der Waals surface area contributed by atoms with Crippen LogP contribution in [0.5, 0.6) is 17.2 Å². The summed E-state index contributed by atoms with van der Waals surface area (Å²) in [4.78, 5) is 10.9. The summed E-state index contributed by atoms with van der Waals surface area (Å²) < 4.78 is 8.34. The van der Waals surface area contributed by atoms with Gasteiger partial charge in [-0.3, -0.25) is 4.79 Å². The number of rotatable bonds is 5. The molecule has 5 nitrogen and oxygen atoms in total. The molecule has 0 unspecified atom stereocenters. The van der Waals surface area contributed by atoms with Crippen LogP contribution in [0.15, 0.2) is 30.3 Å². The number of aromatic hydroxyl groups is 1. The average molecular weight is 652 g/mol. The Morgan fingerprint density at radius 1 is 1.13 bits per heavy atom. The number of carboxylic acid groups (broad SMARTS) is 1.